The lowest BCUT2D eigenvalue weighted by molar-refractivity contribution is 0.309. The minimum Gasteiger partial charge on any atom is -0.493 e. The van der Waals surface area contributed by atoms with Gasteiger partial charge in [0.25, 0.3) is 0 Å². The normalized spacial score (nSPS) is 16.5. The molecule has 1 aromatic carbocycles. The molecule has 2 heterocycles. The van der Waals surface area contributed by atoms with E-state index >= 15 is 0 Å². The van der Waals surface area contributed by atoms with E-state index in [0.29, 0.717) is 17.3 Å². The quantitative estimate of drug-likeness (QED) is 0.813. The van der Waals surface area contributed by atoms with Crippen molar-refractivity contribution in [3.8, 4) is 5.75 Å². The first-order valence-corrected chi connectivity index (χ1v) is 8.39. The average Bonchev–Trinajstić information content (AvgIpc) is 2.81. The predicted octanol–water partition coefficient (Wildman–Crippen LogP) is 4.19. The van der Waals surface area contributed by atoms with Crippen LogP contribution in [0, 0.1) is 0 Å². The molecule has 4 nitrogen and oxygen atoms in total. The minimum absolute atomic E-state index is 0.550. The molecule has 2 aromatic rings. The van der Waals surface area contributed by atoms with E-state index in [1.54, 1.807) is 30.6 Å². The molecule has 2 N–H and O–H groups in total. The topological polar surface area (TPSA) is 62.6 Å². The molecular weight excluding hydrogens is 286 g/mol. The highest BCUT2D eigenvalue weighted by atomic mass is 32.3. The van der Waals surface area contributed by atoms with E-state index < -0.39 is 10.6 Å². The fraction of sp³-hybridized carbons (Fsp3) is 0.188. The Bertz CT molecular complexity index is 656. The molecule has 0 amide bonds. The number of hydrogen-bond donors (Lipinski definition) is 2. The van der Waals surface area contributed by atoms with Gasteiger partial charge in [-0.15, -0.1) is 10.6 Å². The lowest BCUT2D eigenvalue weighted by atomic mass is 10.1. The van der Waals surface area contributed by atoms with Crippen molar-refractivity contribution in [2.75, 3.05) is 6.61 Å². The summed E-state index contributed by atoms with van der Waals surface area (Å²) in [5, 5.41) is 1.45. The van der Waals surface area contributed by atoms with Crippen molar-refractivity contribution >= 4 is 16.7 Å². The van der Waals surface area contributed by atoms with Gasteiger partial charge in [-0.05, 0) is 48.7 Å². The first kappa shape index (κ1) is 14.1. The van der Waals surface area contributed by atoms with Crippen molar-refractivity contribution in [3.63, 3.8) is 0 Å². The maximum absolute atomic E-state index is 9.88. The van der Waals surface area contributed by atoms with Crippen LogP contribution in [0.2, 0.25) is 0 Å². The molecule has 5 heteroatoms. The standard InChI is InChI=1S/C16H17NO3S/c18-21(19)12-8-14-15(4-1-5-16(14)21)20-11-2-3-13-6-9-17-10-7-13/h1,4-10,12,18-19H,2-3,11H2. The van der Waals surface area contributed by atoms with Crippen LogP contribution in [0.15, 0.2) is 53.0 Å². The third-order valence-corrected chi connectivity index (χ3v) is 4.91. The largest absolute Gasteiger partial charge is 0.493 e. The van der Waals surface area contributed by atoms with E-state index in [2.05, 4.69) is 4.98 Å². The molecule has 0 bridgehead atoms. The van der Waals surface area contributed by atoms with Gasteiger partial charge in [0.1, 0.15) is 5.75 Å². The zero-order chi connectivity index (χ0) is 14.7. The van der Waals surface area contributed by atoms with E-state index in [1.165, 1.54) is 11.0 Å². The van der Waals surface area contributed by atoms with Gasteiger partial charge >= 0.3 is 0 Å². The Hall–Kier alpha value is -1.82. The number of ether oxygens (including phenoxy) is 1. The first-order chi connectivity index (χ1) is 10.2. The third-order valence-electron chi connectivity index (χ3n) is 3.39. The smallest absolute Gasteiger partial charge is 0.128 e. The van der Waals surface area contributed by atoms with Crippen LogP contribution >= 0.6 is 10.6 Å². The summed E-state index contributed by atoms with van der Waals surface area (Å²) in [6.45, 7) is 0.589. The molecule has 0 saturated carbocycles. The number of fused-ring (bicyclic) bond motifs is 1. The van der Waals surface area contributed by atoms with E-state index in [0.717, 1.165) is 18.4 Å². The molecule has 0 atom stereocenters. The minimum atomic E-state index is -2.77. The highest BCUT2D eigenvalue weighted by Crippen LogP contribution is 2.57. The fourth-order valence-corrected chi connectivity index (χ4v) is 3.56. The zero-order valence-corrected chi connectivity index (χ0v) is 12.3. The summed E-state index contributed by atoms with van der Waals surface area (Å²) in [5.74, 6) is 0.705. The molecule has 1 aliphatic rings. The summed E-state index contributed by atoms with van der Waals surface area (Å²) < 4.78 is 25.6. The van der Waals surface area contributed by atoms with Gasteiger partial charge in [-0.2, -0.15) is 0 Å². The van der Waals surface area contributed by atoms with Gasteiger partial charge in [0, 0.05) is 23.4 Å². The Kier molecular flexibility index (Phi) is 3.96. The second-order valence-corrected chi connectivity index (χ2v) is 6.77. The molecular formula is C16H17NO3S. The van der Waals surface area contributed by atoms with E-state index in [9.17, 15) is 9.11 Å². The van der Waals surface area contributed by atoms with Crippen LogP contribution in [0.1, 0.15) is 17.5 Å². The summed E-state index contributed by atoms with van der Waals surface area (Å²) in [5.41, 5.74) is 2.02. The van der Waals surface area contributed by atoms with Crippen LogP contribution in [-0.2, 0) is 6.42 Å². The van der Waals surface area contributed by atoms with Gasteiger partial charge in [-0.25, -0.2) is 0 Å². The maximum atomic E-state index is 9.88. The number of nitrogens with zero attached hydrogens (tertiary/aromatic N) is 1. The Morgan fingerprint density at radius 2 is 1.90 bits per heavy atom. The number of rotatable bonds is 5. The molecule has 21 heavy (non-hydrogen) atoms. The van der Waals surface area contributed by atoms with Crippen molar-refractivity contribution < 1.29 is 13.8 Å². The number of benzene rings is 1. The second kappa shape index (κ2) is 5.89. The summed E-state index contributed by atoms with van der Waals surface area (Å²) in [4.78, 5) is 4.54. The van der Waals surface area contributed by atoms with Crippen molar-refractivity contribution in [3.05, 3.63) is 59.3 Å². The summed E-state index contributed by atoms with van der Waals surface area (Å²) in [6.07, 6.45) is 7.13. The number of hydrogen-bond acceptors (Lipinski definition) is 4. The highest BCUT2D eigenvalue weighted by molar-refractivity contribution is 8.27. The molecule has 110 valence electrons. The number of pyridine rings is 1. The van der Waals surface area contributed by atoms with Crippen molar-refractivity contribution in [2.45, 2.75) is 17.7 Å². The van der Waals surface area contributed by atoms with Crippen LogP contribution in [0.3, 0.4) is 0 Å². The van der Waals surface area contributed by atoms with Crippen molar-refractivity contribution in [1.29, 1.82) is 0 Å². The molecule has 0 aliphatic carbocycles. The van der Waals surface area contributed by atoms with Gasteiger partial charge in [-0.1, -0.05) is 6.07 Å². The summed E-state index contributed by atoms with van der Waals surface area (Å²) >= 11 is 0. The lowest BCUT2D eigenvalue weighted by Crippen LogP contribution is -2.01. The molecule has 0 saturated heterocycles. The van der Waals surface area contributed by atoms with Gasteiger partial charge in [-0.3, -0.25) is 14.1 Å². The molecule has 0 fully saturated rings. The third kappa shape index (κ3) is 3.10. The number of aryl methyl sites for hydroxylation is 1. The zero-order valence-electron chi connectivity index (χ0n) is 11.5. The van der Waals surface area contributed by atoms with E-state index in [1.807, 2.05) is 18.2 Å². The lowest BCUT2D eigenvalue weighted by Gasteiger charge is -2.25. The monoisotopic (exact) mass is 303 g/mol. The molecule has 1 aliphatic heterocycles. The van der Waals surface area contributed by atoms with Crippen molar-refractivity contribution in [1.82, 2.24) is 4.98 Å². The van der Waals surface area contributed by atoms with Crippen molar-refractivity contribution in [2.24, 2.45) is 0 Å². The molecule has 1 aromatic heterocycles. The molecule has 0 radical (unpaired) electrons. The Balaban J connectivity index is 1.60. The second-order valence-electron chi connectivity index (χ2n) is 4.87. The Morgan fingerprint density at radius 3 is 2.71 bits per heavy atom. The van der Waals surface area contributed by atoms with Crippen LogP contribution in [0.4, 0.5) is 0 Å². The fourth-order valence-electron chi connectivity index (χ4n) is 2.32. The average molecular weight is 303 g/mol. The van der Waals surface area contributed by atoms with Gasteiger partial charge < -0.3 is 4.74 Å². The highest BCUT2D eigenvalue weighted by Gasteiger charge is 2.23. The SMILES string of the molecule is OS1(O)C=Cc2c(OCCCc3ccncc3)cccc21. The summed E-state index contributed by atoms with van der Waals surface area (Å²) in [7, 11) is -2.77. The Labute approximate surface area is 125 Å². The van der Waals surface area contributed by atoms with Gasteiger partial charge in [0.2, 0.25) is 0 Å². The number of aromatic nitrogens is 1. The maximum Gasteiger partial charge on any atom is 0.128 e. The predicted molar refractivity (Wildman–Crippen MR) is 84.6 cm³/mol. The molecule has 3 rings (SSSR count). The van der Waals surface area contributed by atoms with Crippen LogP contribution in [0.5, 0.6) is 5.75 Å². The Morgan fingerprint density at radius 1 is 1.10 bits per heavy atom. The first-order valence-electron chi connectivity index (χ1n) is 6.78. The van der Waals surface area contributed by atoms with E-state index in [-0.39, 0.29) is 0 Å². The summed E-state index contributed by atoms with van der Waals surface area (Å²) in [6, 6.07) is 9.37. The van der Waals surface area contributed by atoms with Gasteiger partial charge in [0.05, 0.1) is 11.5 Å². The van der Waals surface area contributed by atoms with Crippen LogP contribution < -0.4 is 4.74 Å². The van der Waals surface area contributed by atoms with Crippen LogP contribution in [-0.4, -0.2) is 20.7 Å². The van der Waals surface area contributed by atoms with Gasteiger partial charge in [0.15, 0.2) is 0 Å². The van der Waals surface area contributed by atoms with Crippen LogP contribution in [0.25, 0.3) is 6.08 Å². The molecule has 0 spiro atoms. The van der Waals surface area contributed by atoms with E-state index in [4.69, 9.17) is 4.74 Å². The molecule has 0 unspecified atom stereocenters.